The zero-order chi connectivity index (χ0) is 13.2. The maximum atomic E-state index is 4.65. The van der Waals surface area contributed by atoms with Crippen molar-refractivity contribution >= 4 is 32.8 Å². The second-order valence-electron chi connectivity index (χ2n) is 4.51. The van der Waals surface area contributed by atoms with Crippen molar-refractivity contribution in [2.75, 3.05) is 6.54 Å². The van der Waals surface area contributed by atoms with Crippen LogP contribution in [0.5, 0.6) is 0 Å². The number of hydrogen-bond acceptors (Lipinski definition) is 4. The van der Waals surface area contributed by atoms with Gasteiger partial charge >= 0.3 is 0 Å². The van der Waals surface area contributed by atoms with Gasteiger partial charge in [-0.25, -0.2) is 4.98 Å². The van der Waals surface area contributed by atoms with Crippen molar-refractivity contribution in [1.82, 2.24) is 10.3 Å². The standard InChI is InChI=1S/C15H16N2S2/c1-3-16-14(15-17-10(2)8-19-15)12-9-18-13-7-5-4-6-11(12)13/h4-9,14,16H,3H2,1-2H3. The van der Waals surface area contributed by atoms with E-state index >= 15 is 0 Å². The van der Waals surface area contributed by atoms with E-state index in [4.69, 9.17) is 0 Å². The van der Waals surface area contributed by atoms with Crippen molar-refractivity contribution in [3.05, 3.63) is 51.3 Å². The molecule has 4 heteroatoms. The van der Waals surface area contributed by atoms with Gasteiger partial charge in [0.1, 0.15) is 5.01 Å². The number of rotatable bonds is 4. The van der Waals surface area contributed by atoms with Crippen molar-refractivity contribution in [3.8, 4) is 0 Å². The maximum absolute atomic E-state index is 4.65. The summed E-state index contributed by atoms with van der Waals surface area (Å²) in [6.07, 6.45) is 0. The first-order valence-electron chi connectivity index (χ1n) is 6.41. The molecule has 1 atom stereocenters. The second-order valence-corrected chi connectivity index (χ2v) is 6.31. The normalized spacial score (nSPS) is 12.9. The van der Waals surface area contributed by atoms with Crippen molar-refractivity contribution in [2.45, 2.75) is 19.9 Å². The number of aryl methyl sites for hydroxylation is 1. The predicted octanol–water partition coefficient (Wildman–Crippen LogP) is 4.37. The van der Waals surface area contributed by atoms with Crippen LogP contribution in [-0.4, -0.2) is 11.5 Å². The Bertz CT molecular complexity index is 684. The summed E-state index contributed by atoms with van der Waals surface area (Å²) >= 11 is 3.54. The molecule has 0 aliphatic rings. The quantitative estimate of drug-likeness (QED) is 0.771. The van der Waals surface area contributed by atoms with Crippen molar-refractivity contribution < 1.29 is 0 Å². The molecule has 0 aliphatic carbocycles. The monoisotopic (exact) mass is 288 g/mol. The minimum Gasteiger partial charge on any atom is -0.304 e. The van der Waals surface area contributed by atoms with Gasteiger partial charge < -0.3 is 5.32 Å². The third-order valence-corrected chi connectivity index (χ3v) is 5.12. The van der Waals surface area contributed by atoms with Crippen LogP contribution in [0.4, 0.5) is 0 Å². The summed E-state index contributed by atoms with van der Waals surface area (Å²) in [5.41, 5.74) is 2.44. The first-order valence-corrected chi connectivity index (χ1v) is 8.17. The largest absolute Gasteiger partial charge is 0.304 e. The Labute approximate surface area is 121 Å². The van der Waals surface area contributed by atoms with Gasteiger partial charge in [-0.3, -0.25) is 0 Å². The second kappa shape index (κ2) is 5.41. The van der Waals surface area contributed by atoms with Gasteiger partial charge in [0, 0.05) is 15.8 Å². The lowest BCUT2D eigenvalue weighted by Gasteiger charge is -2.15. The molecule has 1 unspecified atom stereocenters. The highest BCUT2D eigenvalue weighted by Crippen LogP contribution is 2.34. The highest BCUT2D eigenvalue weighted by molar-refractivity contribution is 7.17. The first-order chi connectivity index (χ1) is 9.29. The van der Waals surface area contributed by atoms with Gasteiger partial charge in [0.25, 0.3) is 0 Å². The summed E-state index contributed by atoms with van der Waals surface area (Å²) in [5.74, 6) is 0. The molecule has 0 radical (unpaired) electrons. The average molecular weight is 288 g/mol. The van der Waals surface area contributed by atoms with E-state index in [-0.39, 0.29) is 6.04 Å². The van der Waals surface area contributed by atoms with Gasteiger partial charge in [0.2, 0.25) is 0 Å². The lowest BCUT2D eigenvalue weighted by Crippen LogP contribution is -2.21. The minimum absolute atomic E-state index is 0.208. The summed E-state index contributed by atoms with van der Waals surface area (Å²) in [5, 5.41) is 10.4. The molecule has 0 saturated heterocycles. The number of benzene rings is 1. The molecule has 19 heavy (non-hydrogen) atoms. The highest BCUT2D eigenvalue weighted by Gasteiger charge is 2.19. The Balaban J connectivity index is 2.09. The molecular weight excluding hydrogens is 272 g/mol. The van der Waals surface area contributed by atoms with E-state index in [9.17, 15) is 0 Å². The smallest absolute Gasteiger partial charge is 0.114 e. The lowest BCUT2D eigenvalue weighted by atomic mass is 10.1. The SMILES string of the molecule is CCNC(c1nc(C)cs1)c1csc2ccccc12. The van der Waals surface area contributed by atoms with Crippen LogP contribution in [0.3, 0.4) is 0 Å². The van der Waals surface area contributed by atoms with E-state index < -0.39 is 0 Å². The van der Waals surface area contributed by atoms with Crippen molar-refractivity contribution in [3.63, 3.8) is 0 Å². The van der Waals surface area contributed by atoms with Gasteiger partial charge in [0.15, 0.2) is 0 Å². The number of nitrogens with one attached hydrogen (secondary N) is 1. The Morgan fingerprint density at radius 2 is 2.05 bits per heavy atom. The molecule has 0 spiro atoms. The van der Waals surface area contributed by atoms with Crippen molar-refractivity contribution in [2.24, 2.45) is 0 Å². The molecule has 2 nitrogen and oxygen atoms in total. The van der Waals surface area contributed by atoms with Crippen LogP contribution in [0.2, 0.25) is 0 Å². The molecule has 1 N–H and O–H groups in total. The van der Waals surface area contributed by atoms with E-state index in [0.29, 0.717) is 0 Å². The van der Waals surface area contributed by atoms with Gasteiger partial charge in [-0.2, -0.15) is 0 Å². The summed E-state index contributed by atoms with van der Waals surface area (Å²) in [7, 11) is 0. The van der Waals surface area contributed by atoms with Gasteiger partial charge in [-0.05, 0) is 35.9 Å². The minimum atomic E-state index is 0.208. The molecule has 2 heterocycles. The van der Waals surface area contributed by atoms with E-state index in [1.807, 2.05) is 0 Å². The Morgan fingerprint density at radius 1 is 1.21 bits per heavy atom. The first kappa shape index (κ1) is 12.8. The molecular formula is C15H16N2S2. The number of hydrogen-bond donors (Lipinski definition) is 1. The van der Waals surface area contributed by atoms with E-state index in [1.54, 1.807) is 22.7 Å². The van der Waals surface area contributed by atoms with Crippen LogP contribution in [-0.2, 0) is 0 Å². The molecule has 0 amide bonds. The van der Waals surface area contributed by atoms with Crippen LogP contribution >= 0.6 is 22.7 Å². The predicted molar refractivity (Wildman–Crippen MR) is 84.2 cm³/mol. The van der Waals surface area contributed by atoms with Gasteiger partial charge in [-0.1, -0.05) is 25.1 Å². The molecule has 0 fully saturated rings. The fourth-order valence-corrected chi connectivity index (χ4v) is 4.14. The Morgan fingerprint density at radius 3 is 2.79 bits per heavy atom. The number of thiazole rings is 1. The zero-order valence-corrected chi connectivity index (χ0v) is 12.6. The van der Waals surface area contributed by atoms with Gasteiger partial charge in [-0.15, -0.1) is 22.7 Å². The molecule has 3 rings (SSSR count). The fourth-order valence-electron chi connectivity index (χ4n) is 2.26. The number of thiophene rings is 1. The van der Waals surface area contributed by atoms with Crippen LogP contribution in [0.15, 0.2) is 35.0 Å². The third-order valence-electron chi connectivity index (χ3n) is 3.11. The van der Waals surface area contributed by atoms with Crippen molar-refractivity contribution in [1.29, 1.82) is 0 Å². The van der Waals surface area contributed by atoms with Crippen LogP contribution in [0, 0.1) is 6.92 Å². The van der Waals surface area contributed by atoms with Crippen LogP contribution in [0.25, 0.3) is 10.1 Å². The molecule has 0 aliphatic heterocycles. The lowest BCUT2D eigenvalue weighted by molar-refractivity contribution is 0.631. The fraction of sp³-hybridized carbons (Fsp3) is 0.267. The highest BCUT2D eigenvalue weighted by atomic mass is 32.1. The third kappa shape index (κ3) is 2.43. The average Bonchev–Trinajstić information content (AvgIpc) is 3.03. The Kier molecular flexibility index (Phi) is 3.64. The summed E-state index contributed by atoms with van der Waals surface area (Å²) in [4.78, 5) is 4.65. The van der Waals surface area contributed by atoms with E-state index in [2.05, 4.69) is 59.2 Å². The summed E-state index contributed by atoms with van der Waals surface area (Å²) < 4.78 is 1.34. The van der Waals surface area contributed by atoms with Crippen LogP contribution in [0.1, 0.15) is 29.2 Å². The molecule has 0 bridgehead atoms. The number of fused-ring (bicyclic) bond motifs is 1. The molecule has 2 aromatic heterocycles. The van der Waals surface area contributed by atoms with Gasteiger partial charge in [0.05, 0.1) is 6.04 Å². The zero-order valence-electron chi connectivity index (χ0n) is 11.0. The summed E-state index contributed by atoms with van der Waals surface area (Å²) in [6, 6.07) is 8.79. The van der Waals surface area contributed by atoms with E-state index in [1.165, 1.54) is 15.6 Å². The van der Waals surface area contributed by atoms with Crippen LogP contribution < -0.4 is 5.32 Å². The molecule has 3 aromatic rings. The molecule has 0 saturated carbocycles. The molecule has 1 aromatic carbocycles. The maximum Gasteiger partial charge on any atom is 0.114 e. The molecule has 98 valence electrons. The Hall–Kier alpha value is -1.23. The topological polar surface area (TPSA) is 24.9 Å². The number of aromatic nitrogens is 1. The summed E-state index contributed by atoms with van der Waals surface area (Å²) in [6.45, 7) is 5.13. The van der Waals surface area contributed by atoms with E-state index in [0.717, 1.165) is 17.2 Å². The number of nitrogens with zero attached hydrogens (tertiary/aromatic N) is 1.